The highest BCUT2D eigenvalue weighted by Gasteiger charge is 2.24. The standard InChI is InChI=1S/C11H14N2O2S/c12-10(14)11(15)13-5-6-16-9-4-2-1-3-8(9)7-13/h3-4H,1-2,5-7H2,(H2,12,14). The third kappa shape index (κ3) is 2.29. The molecule has 1 aliphatic carbocycles. The molecule has 16 heavy (non-hydrogen) atoms. The predicted octanol–water partition coefficient (Wildman–Crippen LogP) is 0.651. The van der Waals surface area contributed by atoms with Crippen LogP contribution in [0.15, 0.2) is 22.6 Å². The lowest BCUT2D eigenvalue weighted by Crippen LogP contribution is -2.41. The molecule has 2 amide bonds. The van der Waals surface area contributed by atoms with E-state index in [4.69, 9.17) is 5.73 Å². The Hall–Kier alpha value is -1.23. The van der Waals surface area contributed by atoms with Gasteiger partial charge in [0.2, 0.25) is 0 Å². The molecule has 86 valence electrons. The highest BCUT2D eigenvalue weighted by Crippen LogP contribution is 2.31. The van der Waals surface area contributed by atoms with Crippen molar-refractivity contribution in [1.82, 2.24) is 4.90 Å². The molecule has 0 unspecified atom stereocenters. The number of primary amides is 1. The Morgan fingerprint density at radius 2 is 2.06 bits per heavy atom. The minimum Gasteiger partial charge on any atom is -0.361 e. The van der Waals surface area contributed by atoms with Gasteiger partial charge in [-0.1, -0.05) is 12.2 Å². The van der Waals surface area contributed by atoms with Gasteiger partial charge in [-0.2, -0.15) is 0 Å². The maximum Gasteiger partial charge on any atom is 0.311 e. The maximum atomic E-state index is 11.5. The van der Waals surface area contributed by atoms with Crippen LogP contribution in [0.2, 0.25) is 0 Å². The van der Waals surface area contributed by atoms with Crippen LogP contribution >= 0.6 is 11.8 Å². The normalized spacial score (nSPS) is 20.4. The first-order valence-electron chi connectivity index (χ1n) is 5.29. The zero-order valence-electron chi connectivity index (χ0n) is 8.94. The average Bonchev–Trinajstić information content (AvgIpc) is 2.49. The third-order valence-electron chi connectivity index (χ3n) is 2.68. The van der Waals surface area contributed by atoms with E-state index in [9.17, 15) is 9.59 Å². The Bertz CT molecular complexity index is 387. The van der Waals surface area contributed by atoms with Crippen molar-refractivity contribution < 1.29 is 9.59 Å². The molecular formula is C11H14N2O2S. The van der Waals surface area contributed by atoms with Crippen LogP contribution in [-0.2, 0) is 9.59 Å². The Morgan fingerprint density at radius 3 is 2.81 bits per heavy atom. The molecule has 0 aromatic carbocycles. The molecule has 2 rings (SSSR count). The summed E-state index contributed by atoms with van der Waals surface area (Å²) in [6, 6.07) is 0. The molecule has 1 heterocycles. The second kappa shape index (κ2) is 4.74. The van der Waals surface area contributed by atoms with E-state index in [2.05, 4.69) is 12.2 Å². The van der Waals surface area contributed by atoms with Crippen LogP contribution in [0.5, 0.6) is 0 Å². The van der Waals surface area contributed by atoms with Gasteiger partial charge >= 0.3 is 11.8 Å². The van der Waals surface area contributed by atoms with Gasteiger partial charge in [0.25, 0.3) is 0 Å². The molecular weight excluding hydrogens is 224 g/mol. The molecule has 0 spiro atoms. The van der Waals surface area contributed by atoms with Crippen molar-refractivity contribution in [2.75, 3.05) is 18.8 Å². The molecule has 0 radical (unpaired) electrons. The van der Waals surface area contributed by atoms with Gasteiger partial charge in [0.05, 0.1) is 0 Å². The monoisotopic (exact) mass is 238 g/mol. The maximum absolute atomic E-state index is 11.5. The number of amides is 2. The van der Waals surface area contributed by atoms with Crippen LogP contribution < -0.4 is 5.73 Å². The van der Waals surface area contributed by atoms with Crippen LogP contribution in [0.1, 0.15) is 12.8 Å². The lowest BCUT2D eigenvalue weighted by molar-refractivity contribution is -0.143. The van der Waals surface area contributed by atoms with Gasteiger partial charge < -0.3 is 10.6 Å². The SMILES string of the molecule is NC(=O)C(=O)N1CCSC2=CCCC=C2C1. The molecule has 0 aromatic rings. The number of thioether (sulfide) groups is 1. The summed E-state index contributed by atoms with van der Waals surface area (Å²) in [5.41, 5.74) is 6.17. The van der Waals surface area contributed by atoms with Crippen molar-refractivity contribution in [3.8, 4) is 0 Å². The first kappa shape index (κ1) is 11.3. The number of fused-ring (bicyclic) bond motifs is 1. The second-order valence-electron chi connectivity index (χ2n) is 3.81. The minimum atomic E-state index is -0.867. The summed E-state index contributed by atoms with van der Waals surface area (Å²) in [5.74, 6) is -0.621. The van der Waals surface area contributed by atoms with Crippen molar-refractivity contribution in [2.45, 2.75) is 12.8 Å². The molecule has 0 bridgehead atoms. The molecule has 1 fully saturated rings. The average molecular weight is 238 g/mol. The van der Waals surface area contributed by atoms with Crippen LogP contribution in [0.4, 0.5) is 0 Å². The van der Waals surface area contributed by atoms with Crippen LogP contribution in [0, 0.1) is 0 Å². The third-order valence-corrected chi connectivity index (χ3v) is 3.81. The largest absolute Gasteiger partial charge is 0.361 e. The predicted molar refractivity (Wildman–Crippen MR) is 63.6 cm³/mol. The van der Waals surface area contributed by atoms with Gasteiger partial charge in [-0.25, -0.2) is 0 Å². The van der Waals surface area contributed by atoms with E-state index in [0.717, 1.165) is 24.2 Å². The summed E-state index contributed by atoms with van der Waals surface area (Å²) in [7, 11) is 0. The van der Waals surface area contributed by atoms with Crippen molar-refractivity contribution in [2.24, 2.45) is 5.73 Å². The van der Waals surface area contributed by atoms with Gasteiger partial charge in [0.15, 0.2) is 0 Å². The first-order chi connectivity index (χ1) is 7.68. The van der Waals surface area contributed by atoms with Gasteiger partial charge in [0.1, 0.15) is 0 Å². The number of rotatable bonds is 0. The van der Waals surface area contributed by atoms with Gasteiger partial charge in [-0.05, 0) is 18.4 Å². The highest BCUT2D eigenvalue weighted by molar-refractivity contribution is 8.03. The summed E-state index contributed by atoms with van der Waals surface area (Å²) >= 11 is 1.75. The van der Waals surface area contributed by atoms with E-state index in [1.165, 1.54) is 9.81 Å². The van der Waals surface area contributed by atoms with Gasteiger partial charge in [0, 0.05) is 23.7 Å². The fourth-order valence-electron chi connectivity index (χ4n) is 1.88. The molecule has 1 saturated heterocycles. The Labute approximate surface area is 98.5 Å². The zero-order valence-corrected chi connectivity index (χ0v) is 9.76. The Morgan fingerprint density at radius 1 is 1.31 bits per heavy atom. The van der Waals surface area contributed by atoms with Gasteiger partial charge in [-0.15, -0.1) is 11.8 Å². The van der Waals surface area contributed by atoms with Crippen LogP contribution in [0.3, 0.4) is 0 Å². The van der Waals surface area contributed by atoms with E-state index >= 15 is 0 Å². The van der Waals surface area contributed by atoms with Crippen LogP contribution in [-0.4, -0.2) is 35.6 Å². The van der Waals surface area contributed by atoms with Gasteiger partial charge in [-0.3, -0.25) is 9.59 Å². The minimum absolute atomic E-state index is 0.514. The first-order valence-corrected chi connectivity index (χ1v) is 6.28. The smallest absolute Gasteiger partial charge is 0.311 e. The van der Waals surface area contributed by atoms with Crippen molar-refractivity contribution in [3.63, 3.8) is 0 Å². The second-order valence-corrected chi connectivity index (χ2v) is 4.95. The van der Waals surface area contributed by atoms with E-state index in [1.54, 1.807) is 11.8 Å². The van der Waals surface area contributed by atoms with E-state index in [0.29, 0.717) is 13.1 Å². The molecule has 2 N–H and O–H groups in total. The summed E-state index contributed by atoms with van der Waals surface area (Å²) in [6.45, 7) is 1.10. The van der Waals surface area contributed by atoms with Crippen molar-refractivity contribution >= 4 is 23.6 Å². The summed E-state index contributed by atoms with van der Waals surface area (Å²) in [6.07, 6.45) is 6.43. The number of allylic oxidation sites excluding steroid dienone is 2. The zero-order chi connectivity index (χ0) is 11.5. The molecule has 1 aliphatic heterocycles. The number of hydrogen-bond donors (Lipinski definition) is 1. The number of nitrogens with zero attached hydrogens (tertiary/aromatic N) is 1. The van der Waals surface area contributed by atoms with Crippen molar-refractivity contribution in [3.05, 3.63) is 22.6 Å². The topological polar surface area (TPSA) is 63.4 Å². The van der Waals surface area contributed by atoms with E-state index in [1.807, 2.05) is 0 Å². The molecule has 5 heteroatoms. The summed E-state index contributed by atoms with van der Waals surface area (Å²) < 4.78 is 0. The molecule has 0 aromatic heterocycles. The lowest BCUT2D eigenvalue weighted by atomic mass is 10.1. The number of carbonyl (C=O) groups is 2. The molecule has 0 atom stereocenters. The number of nitrogens with two attached hydrogens (primary N) is 1. The fourth-order valence-corrected chi connectivity index (χ4v) is 2.98. The summed E-state index contributed by atoms with van der Waals surface area (Å²) in [5, 5.41) is 0. The quantitative estimate of drug-likeness (QED) is 0.630. The number of hydrogen-bond acceptors (Lipinski definition) is 3. The summed E-state index contributed by atoms with van der Waals surface area (Å²) in [4.78, 5) is 25.2. The van der Waals surface area contributed by atoms with E-state index in [-0.39, 0.29) is 0 Å². The highest BCUT2D eigenvalue weighted by atomic mass is 32.2. The molecule has 2 aliphatic rings. The number of carbonyl (C=O) groups excluding carboxylic acids is 2. The van der Waals surface area contributed by atoms with E-state index < -0.39 is 11.8 Å². The molecule has 4 nitrogen and oxygen atoms in total. The van der Waals surface area contributed by atoms with Crippen LogP contribution in [0.25, 0.3) is 0 Å². The van der Waals surface area contributed by atoms with Crippen molar-refractivity contribution in [1.29, 1.82) is 0 Å². The Balaban J connectivity index is 2.15. The Kier molecular flexibility index (Phi) is 3.33. The fraction of sp³-hybridized carbons (Fsp3) is 0.455. The lowest BCUT2D eigenvalue weighted by Gasteiger charge is -2.20. The molecule has 0 saturated carbocycles.